The summed E-state index contributed by atoms with van der Waals surface area (Å²) in [6, 6.07) is 4.90. The highest BCUT2D eigenvalue weighted by Gasteiger charge is 2.47. The number of aryl methyl sites for hydroxylation is 1. The van der Waals surface area contributed by atoms with Crippen molar-refractivity contribution in [3.05, 3.63) is 41.6 Å². The lowest BCUT2D eigenvalue weighted by atomic mass is 10.1. The molecule has 12 heteroatoms. The molecule has 0 spiro atoms. The Morgan fingerprint density at radius 1 is 1.21 bits per heavy atom. The lowest BCUT2D eigenvalue weighted by molar-refractivity contribution is -0.142. The van der Waals surface area contributed by atoms with Crippen LogP contribution in [0.15, 0.2) is 35.2 Å². The van der Waals surface area contributed by atoms with E-state index in [1.54, 1.807) is 22.6 Å². The quantitative estimate of drug-likeness (QED) is 0.582. The zero-order valence-corrected chi connectivity index (χ0v) is 19.6. The average Bonchev–Trinajstić information content (AvgIpc) is 3.43. The van der Waals surface area contributed by atoms with Gasteiger partial charge in [0.25, 0.3) is 0 Å². The van der Waals surface area contributed by atoms with Gasteiger partial charge >= 0.3 is 12.1 Å². The highest BCUT2D eigenvalue weighted by Crippen LogP contribution is 2.39. The number of rotatable bonds is 5. The van der Waals surface area contributed by atoms with Gasteiger partial charge in [-0.25, -0.2) is 17.9 Å². The van der Waals surface area contributed by atoms with Gasteiger partial charge in [0.2, 0.25) is 0 Å². The Morgan fingerprint density at radius 2 is 1.88 bits per heavy atom. The molecule has 2 saturated heterocycles. The summed E-state index contributed by atoms with van der Waals surface area (Å²) in [5.74, 6) is -0.110. The van der Waals surface area contributed by atoms with Gasteiger partial charge in [0.15, 0.2) is 9.84 Å². The average molecular weight is 502 g/mol. The number of hydrogen-bond acceptors (Lipinski definition) is 7. The number of halogens is 3. The van der Waals surface area contributed by atoms with Gasteiger partial charge in [0, 0.05) is 25.8 Å². The first-order valence-corrected chi connectivity index (χ1v) is 12.5. The van der Waals surface area contributed by atoms with Gasteiger partial charge in [-0.1, -0.05) is 12.1 Å². The van der Waals surface area contributed by atoms with Crippen LogP contribution in [-0.2, 0) is 30.3 Å². The number of hydrogen-bond donors (Lipinski definition) is 0. The number of benzene rings is 1. The smallest absolute Gasteiger partial charge is 0.417 e. The third-order valence-corrected chi connectivity index (χ3v) is 8.53. The maximum absolute atomic E-state index is 13.6. The third kappa shape index (κ3) is 4.52. The Balaban J connectivity index is 1.73. The van der Waals surface area contributed by atoms with E-state index in [0.29, 0.717) is 37.6 Å². The molecule has 1 unspecified atom stereocenters. The predicted octanol–water partition coefficient (Wildman–Crippen LogP) is 3.16. The zero-order chi connectivity index (χ0) is 24.7. The fourth-order valence-corrected chi connectivity index (χ4v) is 6.59. The Bertz CT molecular complexity index is 1160. The zero-order valence-electron chi connectivity index (χ0n) is 18.8. The number of carbonyl (C=O) groups is 1. The van der Waals surface area contributed by atoms with Crippen LogP contribution in [0.25, 0.3) is 0 Å². The van der Waals surface area contributed by atoms with E-state index in [0.717, 1.165) is 18.2 Å². The Labute approximate surface area is 195 Å². The summed E-state index contributed by atoms with van der Waals surface area (Å²) in [6.07, 6.45) is -3.63. The van der Waals surface area contributed by atoms with Crippen molar-refractivity contribution < 1.29 is 35.9 Å². The van der Waals surface area contributed by atoms with E-state index in [4.69, 9.17) is 9.47 Å². The van der Waals surface area contributed by atoms with E-state index in [-0.39, 0.29) is 19.0 Å². The van der Waals surface area contributed by atoms with E-state index in [1.165, 1.54) is 13.2 Å². The van der Waals surface area contributed by atoms with E-state index in [9.17, 15) is 26.4 Å². The molecule has 0 radical (unpaired) electrons. The van der Waals surface area contributed by atoms with Crippen molar-refractivity contribution in [2.24, 2.45) is 0 Å². The summed E-state index contributed by atoms with van der Waals surface area (Å²) in [7, 11) is -3.22. The minimum absolute atomic E-state index is 0.00244. The molecule has 3 heterocycles. The molecule has 0 aliphatic carbocycles. The number of nitrogens with zero attached hydrogens (tertiary/aromatic N) is 3. The Morgan fingerprint density at radius 3 is 2.53 bits per heavy atom. The van der Waals surface area contributed by atoms with Crippen LogP contribution in [0.4, 0.5) is 19.0 Å². The Hall–Kier alpha value is -2.60. The van der Waals surface area contributed by atoms with E-state index in [2.05, 4.69) is 5.10 Å². The van der Waals surface area contributed by atoms with Gasteiger partial charge < -0.3 is 14.4 Å². The first kappa shape index (κ1) is 24.5. The predicted molar refractivity (Wildman–Crippen MR) is 116 cm³/mol. The molecular weight excluding hydrogens is 475 g/mol. The second-order valence-corrected chi connectivity index (χ2v) is 10.7. The van der Waals surface area contributed by atoms with Gasteiger partial charge in [-0.3, -0.25) is 0 Å². The van der Waals surface area contributed by atoms with Crippen LogP contribution in [0.3, 0.4) is 0 Å². The summed E-state index contributed by atoms with van der Waals surface area (Å²) in [6.45, 7) is 2.72. The van der Waals surface area contributed by atoms with Gasteiger partial charge in [0.05, 0.1) is 34.6 Å². The second kappa shape index (κ2) is 9.21. The molecule has 34 heavy (non-hydrogen) atoms. The number of aromatic nitrogens is 2. The minimum atomic E-state index is -4.83. The number of alkyl halides is 3. The van der Waals surface area contributed by atoms with Crippen LogP contribution in [0.2, 0.25) is 0 Å². The summed E-state index contributed by atoms with van der Waals surface area (Å²) < 4.78 is 79.6. The lowest BCUT2D eigenvalue weighted by Crippen LogP contribution is -2.39. The molecule has 1 aromatic heterocycles. The fraction of sp³-hybridized carbons (Fsp3) is 0.545. The maximum Gasteiger partial charge on any atom is 0.417 e. The molecule has 4 rings (SSSR count). The van der Waals surface area contributed by atoms with Crippen molar-refractivity contribution in [3.63, 3.8) is 0 Å². The SMILES string of the molecule is COC(=O)C1C[C@@H](S(=O)(=O)c2ccccc2C(F)(F)F)CN1c1cc(C)nn1C1CCOCC1. The molecule has 1 aromatic carbocycles. The summed E-state index contributed by atoms with van der Waals surface area (Å²) in [5.41, 5.74) is -0.537. The highest BCUT2D eigenvalue weighted by molar-refractivity contribution is 7.92. The van der Waals surface area contributed by atoms with Crippen LogP contribution >= 0.6 is 0 Å². The van der Waals surface area contributed by atoms with Crippen molar-refractivity contribution in [2.75, 3.05) is 31.8 Å². The normalized spacial score (nSPS) is 22.2. The molecule has 2 aromatic rings. The van der Waals surface area contributed by atoms with Crippen molar-refractivity contribution in [1.82, 2.24) is 9.78 Å². The first-order chi connectivity index (χ1) is 16.0. The number of anilines is 1. The molecule has 2 fully saturated rings. The fourth-order valence-electron chi connectivity index (χ4n) is 4.68. The van der Waals surface area contributed by atoms with E-state index < -0.39 is 43.7 Å². The topological polar surface area (TPSA) is 90.7 Å². The Kier molecular flexibility index (Phi) is 6.65. The molecule has 2 aliphatic rings. The van der Waals surface area contributed by atoms with Gasteiger partial charge in [0.1, 0.15) is 11.9 Å². The largest absolute Gasteiger partial charge is 0.467 e. The number of sulfone groups is 1. The van der Waals surface area contributed by atoms with Crippen LogP contribution in [0.5, 0.6) is 0 Å². The summed E-state index contributed by atoms with van der Waals surface area (Å²) >= 11 is 0. The van der Waals surface area contributed by atoms with Crippen LogP contribution in [-0.4, -0.2) is 62.3 Å². The van der Waals surface area contributed by atoms with Crippen molar-refractivity contribution in [3.8, 4) is 0 Å². The molecule has 8 nitrogen and oxygen atoms in total. The van der Waals surface area contributed by atoms with E-state index >= 15 is 0 Å². The molecule has 0 N–H and O–H groups in total. The maximum atomic E-state index is 13.6. The number of carbonyl (C=O) groups excluding carboxylic acids is 1. The molecule has 0 saturated carbocycles. The molecular formula is C22H26F3N3O5S. The van der Waals surface area contributed by atoms with E-state index in [1.807, 2.05) is 0 Å². The molecule has 2 atom stereocenters. The molecule has 2 aliphatic heterocycles. The third-order valence-electron chi connectivity index (χ3n) is 6.34. The van der Waals surface area contributed by atoms with Gasteiger partial charge in [-0.2, -0.15) is 18.3 Å². The van der Waals surface area contributed by atoms with Crippen molar-refractivity contribution in [2.45, 2.75) is 54.6 Å². The summed E-state index contributed by atoms with van der Waals surface area (Å²) in [5, 5.41) is 3.32. The summed E-state index contributed by atoms with van der Waals surface area (Å²) in [4.78, 5) is 13.5. The first-order valence-electron chi connectivity index (χ1n) is 10.9. The number of esters is 1. The molecule has 186 valence electrons. The lowest BCUT2D eigenvalue weighted by Gasteiger charge is -2.30. The number of methoxy groups -OCH3 is 1. The second-order valence-electron chi connectivity index (χ2n) is 8.52. The molecule has 0 amide bonds. The van der Waals surface area contributed by atoms with Crippen LogP contribution in [0.1, 0.15) is 36.6 Å². The number of ether oxygens (including phenoxy) is 2. The van der Waals surface area contributed by atoms with Crippen LogP contribution in [0, 0.1) is 6.92 Å². The van der Waals surface area contributed by atoms with Gasteiger partial charge in [-0.05, 0) is 38.3 Å². The van der Waals surface area contributed by atoms with Crippen molar-refractivity contribution >= 4 is 21.6 Å². The van der Waals surface area contributed by atoms with Gasteiger partial charge in [-0.15, -0.1) is 0 Å². The molecule has 0 bridgehead atoms. The van der Waals surface area contributed by atoms with Crippen molar-refractivity contribution in [1.29, 1.82) is 0 Å². The minimum Gasteiger partial charge on any atom is -0.467 e. The highest BCUT2D eigenvalue weighted by atomic mass is 32.2. The monoisotopic (exact) mass is 501 g/mol. The van der Waals surface area contributed by atoms with Crippen LogP contribution < -0.4 is 4.90 Å². The standard InChI is InChI=1S/C22H26F3N3O5S/c1-14-11-20(28(26-14)15-7-9-33-10-8-15)27-13-16(12-18(27)21(29)32-2)34(30,31)19-6-4-3-5-17(19)22(23,24)25/h3-6,11,15-16,18H,7-10,12-13H2,1-2H3/t16-,18?/m1/s1.